The number of hydrogen-bond acceptors (Lipinski definition) is 5. The molecular formula is C7H10N4S. The van der Waals surface area contributed by atoms with Crippen LogP contribution in [0.1, 0.15) is 20.3 Å². The van der Waals surface area contributed by atoms with E-state index >= 15 is 0 Å². The number of nitrogens with one attached hydrogen (secondary N) is 1. The van der Waals surface area contributed by atoms with Gasteiger partial charge >= 0.3 is 0 Å². The smallest absolute Gasteiger partial charge is 0.115 e. The van der Waals surface area contributed by atoms with Gasteiger partial charge in [-0.2, -0.15) is 10.2 Å². The average Bonchev–Trinajstić information content (AvgIpc) is 2.12. The van der Waals surface area contributed by atoms with E-state index in [0.717, 1.165) is 5.71 Å². The van der Waals surface area contributed by atoms with Gasteiger partial charge in [0.25, 0.3) is 0 Å². The summed E-state index contributed by atoms with van der Waals surface area (Å²) in [6, 6.07) is 0. The van der Waals surface area contributed by atoms with Crippen LogP contribution in [0.15, 0.2) is 14.6 Å². The molecule has 4 nitrogen and oxygen atoms in total. The zero-order valence-electron chi connectivity index (χ0n) is 7.00. The Morgan fingerprint density at radius 3 is 2.67 bits per heavy atom. The Morgan fingerprint density at radius 1 is 1.42 bits per heavy atom. The molecule has 0 bridgehead atoms. The highest BCUT2D eigenvalue weighted by Crippen LogP contribution is 2.02. The van der Waals surface area contributed by atoms with Gasteiger partial charge in [-0.25, -0.2) is 4.40 Å². The third-order valence-corrected chi connectivity index (χ3v) is 1.73. The van der Waals surface area contributed by atoms with Gasteiger partial charge in [-0.15, -0.1) is 0 Å². The van der Waals surface area contributed by atoms with Crippen LogP contribution in [0, 0.1) is 5.41 Å². The van der Waals surface area contributed by atoms with Gasteiger partial charge in [0.05, 0.1) is 11.4 Å². The van der Waals surface area contributed by atoms with Gasteiger partial charge in [-0.1, -0.05) is 0 Å². The van der Waals surface area contributed by atoms with E-state index in [9.17, 15) is 0 Å². The van der Waals surface area contributed by atoms with Crippen LogP contribution in [0.4, 0.5) is 0 Å². The number of thiol groups is 1. The van der Waals surface area contributed by atoms with E-state index in [4.69, 9.17) is 5.41 Å². The molecule has 0 radical (unpaired) electrons. The summed E-state index contributed by atoms with van der Waals surface area (Å²) >= 11 is 3.77. The highest BCUT2D eigenvalue weighted by molar-refractivity contribution is 7.79. The van der Waals surface area contributed by atoms with Crippen LogP contribution >= 0.6 is 12.8 Å². The molecule has 0 saturated carbocycles. The SMILES string of the molecule is CC1=NN=C(C)/C(=N/S)C(=N)C1. The van der Waals surface area contributed by atoms with Gasteiger partial charge in [0.2, 0.25) is 0 Å². The van der Waals surface area contributed by atoms with Gasteiger partial charge in [0, 0.05) is 12.1 Å². The average molecular weight is 182 g/mol. The van der Waals surface area contributed by atoms with Crippen LogP contribution in [0.5, 0.6) is 0 Å². The lowest BCUT2D eigenvalue weighted by Gasteiger charge is -2.00. The minimum absolute atomic E-state index is 0.421. The standard InChI is InChI=1S/C7H10N4S/c1-4-3-6(8)7(11-12)5(2)10-9-4/h8,12H,3H2,1-2H3/b8-6?,11-7-. The van der Waals surface area contributed by atoms with Gasteiger partial charge in [-0.3, -0.25) is 0 Å². The molecule has 0 atom stereocenters. The Kier molecular flexibility index (Phi) is 2.75. The topological polar surface area (TPSA) is 60.9 Å². The van der Waals surface area contributed by atoms with Crippen molar-refractivity contribution >= 4 is 35.7 Å². The normalized spacial score (nSPS) is 21.9. The molecule has 0 saturated heterocycles. The summed E-state index contributed by atoms with van der Waals surface area (Å²) in [5.74, 6) is 0. The Balaban J connectivity index is 3.06. The fourth-order valence-electron chi connectivity index (χ4n) is 0.934. The van der Waals surface area contributed by atoms with E-state index in [1.165, 1.54) is 0 Å². The second-order valence-electron chi connectivity index (χ2n) is 2.62. The predicted molar refractivity (Wildman–Crippen MR) is 55.0 cm³/mol. The van der Waals surface area contributed by atoms with Crippen LogP contribution in [0.25, 0.3) is 0 Å². The van der Waals surface area contributed by atoms with Crippen LogP contribution in [-0.2, 0) is 0 Å². The molecular weight excluding hydrogens is 172 g/mol. The van der Waals surface area contributed by atoms with Crippen molar-refractivity contribution in [2.75, 3.05) is 0 Å². The van der Waals surface area contributed by atoms with E-state index < -0.39 is 0 Å². The molecule has 0 aromatic rings. The molecule has 64 valence electrons. The van der Waals surface area contributed by atoms with E-state index in [1.807, 2.05) is 6.92 Å². The molecule has 1 N–H and O–H groups in total. The van der Waals surface area contributed by atoms with Crippen LogP contribution in [0.2, 0.25) is 0 Å². The zero-order valence-corrected chi connectivity index (χ0v) is 7.89. The van der Waals surface area contributed by atoms with Crippen molar-refractivity contribution in [2.45, 2.75) is 20.3 Å². The van der Waals surface area contributed by atoms with Gasteiger partial charge in [0.15, 0.2) is 0 Å². The van der Waals surface area contributed by atoms with Crippen molar-refractivity contribution in [3.63, 3.8) is 0 Å². The zero-order chi connectivity index (χ0) is 9.14. The molecule has 1 rings (SSSR count). The minimum Gasteiger partial charge on any atom is -0.303 e. The first kappa shape index (κ1) is 9.12. The molecule has 5 heteroatoms. The van der Waals surface area contributed by atoms with Crippen molar-refractivity contribution in [3.8, 4) is 0 Å². The third-order valence-electron chi connectivity index (χ3n) is 1.53. The lowest BCUT2D eigenvalue weighted by atomic mass is 10.1. The summed E-state index contributed by atoms with van der Waals surface area (Å²) in [5.41, 5.74) is 2.42. The van der Waals surface area contributed by atoms with E-state index in [-0.39, 0.29) is 0 Å². The molecule has 1 heterocycles. The van der Waals surface area contributed by atoms with E-state index in [0.29, 0.717) is 23.6 Å². The van der Waals surface area contributed by atoms with Crippen molar-refractivity contribution in [1.82, 2.24) is 0 Å². The fourth-order valence-corrected chi connectivity index (χ4v) is 1.20. The first-order chi connectivity index (χ1) is 5.65. The molecule has 0 aromatic heterocycles. The van der Waals surface area contributed by atoms with Crippen molar-refractivity contribution in [1.29, 1.82) is 5.41 Å². The summed E-state index contributed by atoms with van der Waals surface area (Å²) < 4.78 is 3.69. The minimum atomic E-state index is 0.421. The first-order valence-electron chi connectivity index (χ1n) is 3.53. The lowest BCUT2D eigenvalue weighted by Crippen LogP contribution is -2.20. The second kappa shape index (κ2) is 3.62. The molecule has 0 unspecified atom stereocenters. The Bertz CT molecular complexity index is 301. The number of nitrogens with zero attached hydrogens (tertiary/aromatic N) is 3. The van der Waals surface area contributed by atoms with Gasteiger partial charge in [0.1, 0.15) is 5.71 Å². The number of rotatable bonds is 0. The molecule has 1 aliphatic heterocycles. The summed E-state index contributed by atoms with van der Waals surface area (Å²) in [4.78, 5) is 0. The highest BCUT2D eigenvalue weighted by Gasteiger charge is 2.14. The molecule has 0 amide bonds. The van der Waals surface area contributed by atoms with Crippen LogP contribution in [0.3, 0.4) is 0 Å². The van der Waals surface area contributed by atoms with Crippen LogP contribution in [-0.4, -0.2) is 22.8 Å². The maximum absolute atomic E-state index is 7.61. The summed E-state index contributed by atoms with van der Waals surface area (Å²) in [7, 11) is 0. The molecule has 0 spiro atoms. The fraction of sp³-hybridized carbons (Fsp3) is 0.429. The molecule has 1 aliphatic rings. The van der Waals surface area contributed by atoms with E-state index in [1.54, 1.807) is 6.92 Å². The summed E-state index contributed by atoms with van der Waals surface area (Å²) in [6.45, 7) is 3.61. The highest BCUT2D eigenvalue weighted by atomic mass is 32.1. The maximum atomic E-state index is 7.61. The molecule has 0 fully saturated rings. The van der Waals surface area contributed by atoms with Crippen molar-refractivity contribution in [2.24, 2.45) is 14.6 Å². The summed E-state index contributed by atoms with van der Waals surface area (Å²) in [5, 5.41) is 15.4. The third kappa shape index (κ3) is 1.79. The van der Waals surface area contributed by atoms with Gasteiger partial charge < -0.3 is 5.41 Å². The largest absolute Gasteiger partial charge is 0.303 e. The first-order valence-corrected chi connectivity index (χ1v) is 3.93. The molecule has 0 aromatic carbocycles. The molecule has 12 heavy (non-hydrogen) atoms. The predicted octanol–water partition coefficient (Wildman–Crippen LogP) is 1.53. The van der Waals surface area contributed by atoms with Crippen molar-refractivity contribution < 1.29 is 0 Å². The summed E-state index contributed by atoms with van der Waals surface area (Å²) in [6.07, 6.45) is 0.500. The molecule has 0 aliphatic carbocycles. The maximum Gasteiger partial charge on any atom is 0.115 e. The van der Waals surface area contributed by atoms with Crippen LogP contribution < -0.4 is 0 Å². The number of hydrogen-bond donors (Lipinski definition) is 2. The quantitative estimate of drug-likeness (QED) is 0.534. The Morgan fingerprint density at radius 2 is 2.08 bits per heavy atom. The second-order valence-corrected chi connectivity index (χ2v) is 2.82. The Labute approximate surface area is 76.6 Å². The van der Waals surface area contributed by atoms with Crippen molar-refractivity contribution in [3.05, 3.63) is 0 Å². The lowest BCUT2D eigenvalue weighted by molar-refractivity contribution is 1.21. The Hall–Kier alpha value is -0.970. The monoisotopic (exact) mass is 182 g/mol. The van der Waals surface area contributed by atoms with E-state index in [2.05, 4.69) is 27.4 Å². The van der Waals surface area contributed by atoms with Gasteiger partial charge in [-0.05, 0) is 26.7 Å².